The number of hydrogen-bond acceptors (Lipinski definition) is 0. The van der Waals surface area contributed by atoms with E-state index >= 15 is 0 Å². The summed E-state index contributed by atoms with van der Waals surface area (Å²) in [4.78, 5) is 0. The van der Waals surface area contributed by atoms with Gasteiger partial charge in [-0.3, -0.25) is 0 Å². The molecule has 10 aromatic rings. The van der Waals surface area contributed by atoms with Crippen molar-refractivity contribution >= 4 is 54.1 Å². The highest BCUT2D eigenvalue weighted by molar-refractivity contribution is 6.12. The molecule has 0 bridgehead atoms. The lowest BCUT2D eigenvalue weighted by atomic mass is 9.90. The van der Waals surface area contributed by atoms with Crippen molar-refractivity contribution in [1.82, 2.24) is 4.57 Å². The van der Waals surface area contributed by atoms with Gasteiger partial charge in [0.15, 0.2) is 0 Å². The molecule has 0 saturated carbocycles. The van der Waals surface area contributed by atoms with Gasteiger partial charge in [0.25, 0.3) is 0 Å². The molecule has 0 saturated heterocycles. The van der Waals surface area contributed by atoms with Gasteiger partial charge in [0.2, 0.25) is 0 Å². The van der Waals surface area contributed by atoms with Gasteiger partial charge in [-0.25, -0.2) is 0 Å². The molecular formula is C48H31N. The van der Waals surface area contributed by atoms with Crippen LogP contribution in [0, 0.1) is 0 Å². The van der Waals surface area contributed by atoms with Gasteiger partial charge in [-0.15, -0.1) is 0 Å². The number of nitrogens with zero attached hydrogens (tertiary/aromatic N) is 1. The summed E-state index contributed by atoms with van der Waals surface area (Å²) in [7, 11) is 0. The van der Waals surface area contributed by atoms with Gasteiger partial charge >= 0.3 is 0 Å². The Morgan fingerprint density at radius 3 is 1.53 bits per heavy atom. The fourth-order valence-corrected chi connectivity index (χ4v) is 7.76. The molecule has 0 amide bonds. The number of hydrogen-bond donors (Lipinski definition) is 0. The van der Waals surface area contributed by atoms with Crippen molar-refractivity contribution < 1.29 is 0 Å². The first-order valence-corrected chi connectivity index (χ1v) is 16.9. The van der Waals surface area contributed by atoms with Gasteiger partial charge in [0.05, 0.1) is 11.0 Å². The molecule has 49 heavy (non-hydrogen) atoms. The highest BCUT2D eigenvalue weighted by Gasteiger charge is 2.14. The number of rotatable bonds is 4. The normalized spacial score (nSPS) is 11.7. The highest BCUT2D eigenvalue weighted by Crippen LogP contribution is 2.39. The second kappa shape index (κ2) is 11.1. The number of fused-ring (bicyclic) bond motifs is 7. The molecule has 228 valence electrons. The van der Waals surface area contributed by atoms with Crippen LogP contribution in [0.5, 0.6) is 0 Å². The Labute approximate surface area is 284 Å². The Balaban J connectivity index is 1.08. The first-order valence-electron chi connectivity index (χ1n) is 16.9. The molecule has 1 heteroatoms. The lowest BCUT2D eigenvalue weighted by Crippen LogP contribution is -1.92. The van der Waals surface area contributed by atoms with Crippen LogP contribution in [0.2, 0.25) is 0 Å². The predicted octanol–water partition coefficient (Wildman–Crippen LogP) is 13.2. The molecule has 9 aromatic carbocycles. The maximum absolute atomic E-state index is 2.37. The fraction of sp³-hybridized carbons (Fsp3) is 0. The summed E-state index contributed by atoms with van der Waals surface area (Å²) < 4.78 is 2.37. The lowest BCUT2D eigenvalue weighted by Gasteiger charge is -2.14. The maximum Gasteiger partial charge on any atom is 0.0541 e. The van der Waals surface area contributed by atoms with Crippen molar-refractivity contribution in [2.24, 2.45) is 0 Å². The van der Waals surface area contributed by atoms with Gasteiger partial charge in [-0.05, 0) is 120 Å². The Morgan fingerprint density at radius 1 is 0.265 bits per heavy atom. The van der Waals surface area contributed by atoms with Crippen LogP contribution in [0.3, 0.4) is 0 Å². The summed E-state index contributed by atoms with van der Waals surface area (Å²) >= 11 is 0. The van der Waals surface area contributed by atoms with Crippen LogP contribution in [-0.2, 0) is 0 Å². The van der Waals surface area contributed by atoms with E-state index in [-0.39, 0.29) is 0 Å². The van der Waals surface area contributed by atoms with Gasteiger partial charge < -0.3 is 4.57 Å². The summed E-state index contributed by atoms with van der Waals surface area (Å²) in [6.07, 6.45) is 0. The number of para-hydroxylation sites is 2. The van der Waals surface area contributed by atoms with Crippen LogP contribution in [0.1, 0.15) is 0 Å². The first-order chi connectivity index (χ1) is 24.3. The summed E-state index contributed by atoms with van der Waals surface area (Å²) in [5.41, 5.74) is 11.1. The van der Waals surface area contributed by atoms with E-state index in [1.807, 2.05) is 0 Å². The molecule has 1 nitrogen and oxygen atoms in total. The summed E-state index contributed by atoms with van der Waals surface area (Å²) in [6.45, 7) is 0. The number of benzene rings is 9. The molecule has 1 heterocycles. The average molecular weight is 622 g/mol. The van der Waals surface area contributed by atoms with E-state index in [0.717, 1.165) is 0 Å². The molecular weight excluding hydrogens is 591 g/mol. The minimum absolute atomic E-state index is 1.18. The quantitative estimate of drug-likeness (QED) is 0.172. The smallest absolute Gasteiger partial charge is 0.0541 e. The van der Waals surface area contributed by atoms with Crippen LogP contribution in [0.15, 0.2) is 188 Å². The van der Waals surface area contributed by atoms with Crippen molar-refractivity contribution in [3.8, 4) is 39.1 Å². The van der Waals surface area contributed by atoms with Crippen molar-refractivity contribution in [1.29, 1.82) is 0 Å². The van der Waals surface area contributed by atoms with Crippen LogP contribution >= 0.6 is 0 Å². The van der Waals surface area contributed by atoms with E-state index < -0.39 is 0 Å². The Hall–Kier alpha value is -6.44. The van der Waals surface area contributed by atoms with E-state index in [1.165, 1.54) is 93.2 Å². The maximum atomic E-state index is 2.37. The number of aromatic nitrogens is 1. The molecule has 10 rings (SSSR count). The molecule has 0 atom stereocenters. The molecule has 0 aliphatic heterocycles. The molecule has 0 aliphatic rings. The molecule has 0 N–H and O–H groups in total. The molecule has 0 radical (unpaired) electrons. The summed E-state index contributed by atoms with van der Waals surface area (Å²) in [5, 5.41) is 10.1. The van der Waals surface area contributed by atoms with Crippen LogP contribution in [0.4, 0.5) is 0 Å². The molecule has 0 aliphatic carbocycles. The third kappa shape index (κ3) is 4.55. The standard InChI is InChI=1S/C48H31N/c1-3-11-32(12-4-1)44-29-33-13-7-8-14-34(33)30-45(44)39-22-25-42-38(28-39)20-19-37-27-35(21-24-41(37)42)36-23-26-48-46(31-36)43-17-9-10-18-47(43)49(48)40-15-5-2-6-16-40/h1-31H. The zero-order valence-corrected chi connectivity index (χ0v) is 26.8. The first kappa shape index (κ1) is 27.7. The minimum Gasteiger partial charge on any atom is -0.309 e. The zero-order chi connectivity index (χ0) is 32.3. The summed E-state index contributed by atoms with van der Waals surface area (Å²) in [6, 6.07) is 68.8. The Morgan fingerprint density at radius 2 is 0.796 bits per heavy atom. The highest BCUT2D eigenvalue weighted by atomic mass is 15.0. The van der Waals surface area contributed by atoms with E-state index in [4.69, 9.17) is 0 Å². The second-order valence-electron chi connectivity index (χ2n) is 13.0. The largest absolute Gasteiger partial charge is 0.309 e. The predicted molar refractivity (Wildman–Crippen MR) is 210 cm³/mol. The van der Waals surface area contributed by atoms with E-state index in [9.17, 15) is 0 Å². The third-order valence-corrected chi connectivity index (χ3v) is 10.1. The molecule has 0 unspecified atom stereocenters. The monoisotopic (exact) mass is 621 g/mol. The van der Waals surface area contributed by atoms with E-state index in [0.29, 0.717) is 0 Å². The van der Waals surface area contributed by atoms with Gasteiger partial charge in [0, 0.05) is 16.5 Å². The average Bonchev–Trinajstić information content (AvgIpc) is 3.51. The fourth-order valence-electron chi connectivity index (χ4n) is 7.76. The van der Waals surface area contributed by atoms with Crippen LogP contribution in [-0.4, -0.2) is 4.57 Å². The van der Waals surface area contributed by atoms with E-state index in [2.05, 4.69) is 193 Å². The Bertz CT molecular complexity index is 2860. The molecule has 0 fully saturated rings. The van der Waals surface area contributed by atoms with Crippen molar-refractivity contribution in [3.63, 3.8) is 0 Å². The molecule has 0 spiro atoms. The molecule has 1 aromatic heterocycles. The topological polar surface area (TPSA) is 4.93 Å². The van der Waals surface area contributed by atoms with Crippen molar-refractivity contribution in [2.45, 2.75) is 0 Å². The third-order valence-electron chi connectivity index (χ3n) is 10.1. The van der Waals surface area contributed by atoms with Gasteiger partial charge in [-0.2, -0.15) is 0 Å². The van der Waals surface area contributed by atoms with Gasteiger partial charge in [0.1, 0.15) is 0 Å². The zero-order valence-electron chi connectivity index (χ0n) is 26.8. The second-order valence-corrected chi connectivity index (χ2v) is 13.0. The van der Waals surface area contributed by atoms with Crippen molar-refractivity contribution in [2.75, 3.05) is 0 Å². The van der Waals surface area contributed by atoms with Gasteiger partial charge in [-0.1, -0.05) is 133 Å². The minimum atomic E-state index is 1.18. The van der Waals surface area contributed by atoms with E-state index in [1.54, 1.807) is 0 Å². The van der Waals surface area contributed by atoms with Crippen LogP contribution < -0.4 is 0 Å². The van der Waals surface area contributed by atoms with Crippen molar-refractivity contribution in [3.05, 3.63) is 188 Å². The lowest BCUT2D eigenvalue weighted by molar-refractivity contribution is 1.18. The summed E-state index contributed by atoms with van der Waals surface area (Å²) in [5.74, 6) is 0. The van der Waals surface area contributed by atoms with Crippen LogP contribution in [0.25, 0.3) is 93.2 Å². The Kier molecular flexibility index (Phi) is 6.25. The SMILES string of the molecule is c1ccc(-c2cc3ccccc3cc2-c2ccc3c(ccc4cc(-c5ccc6c(c5)c5ccccc5n6-c5ccccc5)ccc43)c2)cc1.